The van der Waals surface area contributed by atoms with E-state index in [0.29, 0.717) is 0 Å². The lowest BCUT2D eigenvalue weighted by Crippen LogP contribution is -2.33. The van der Waals surface area contributed by atoms with Gasteiger partial charge in [0, 0.05) is 19.8 Å². The molecule has 1 N–H and O–H groups in total. The summed E-state index contributed by atoms with van der Waals surface area (Å²) in [5, 5.41) is 10.3. The van der Waals surface area contributed by atoms with Crippen LogP contribution in [0.5, 0.6) is 0 Å². The topological polar surface area (TPSA) is 91.8 Å². The Bertz CT molecular complexity index is 590. The van der Waals surface area contributed by atoms with Crippen molar-refractivity contribution in [3.8, 4) is 0 Å². The van der Waals surface area contributed by atoms with Crippen LogP contribution < -0.4 is 0 Å². The first-order chi connectivity index (χ1) is 8.64. The second kappa shape index (κ2) is 5.70. The van der Waals surface area contributed by atoms with Crippen molar-refractivity contribution in [1.82, 2.24) is 4.90 Å². The van der Waals surface area contributed by atoms with Crippen LogP contribution >= 0.6 is 11.3 Å². The minimum absolute atomic E-state index is 0.0164. The number of aliphatic carboxylic acids is 1. The maximum Gasteiger partial charge on any atom is 0.308 e. The van der Waals surface area contributed by atoms with E-state index in [1.54, 1.807) is 0 Å². The first kappa shape index (κ1) is 15.6. The van der Waals surface area contributed by atoms with E-state index in [1.807, 2.05) is 0 Å². The van der Waals surface area contributed by atoms with E-state index in [1.165, 1.54) is 30.3 Å². The molecule has 19 heavy (non-hydrogen) atoms. The Balaban J connectivity index is 2.96. The average Bonchev–Trinajstić information content (AvgIpc) is 2.75. The molecule has 1 aromatic rings. The molecule has 8 heteroatoms. The number of thiophene rings is 1. The van der Waals surface area contributed by atoms with Gasteiger partial charge in [-0.05, 0) is 11.4 Å². The van der Waals surface area contributed by atoms with Gasteiger partial charge in [0.25, 0.3) is 5.91 Å². The lowest BCUT2D eigenvalue weighted by molar-refractivity contribution is -0.141. The molecule has 1 amide bonds. The Morgan fingerprint density at radius 2 is 2.05 bits per heavy atom. The van der Waals surface area contributed by atoms with Gasteiger partial charge < -0.3 is 10.0 Å². The number of carboxylic acid groups (broad SMARTS) is 1. The van der Waals surface area contributed by atoms with Gasteiger partial charge in [0.1, 0.15) is 4.88 Å². The summed E-state index contributed by atoms with van der Waals surface area (Å²) in [6.45, 7) is 1.51. The summed E-state index contributed by atoms with van der Waals surface area (Å²) < 4.78 is 23.0. The van der Waals surface area contributed by atoms with Gasteiger partial charge in [-0.2, -0.15) is 0 Å². The molecule has 0 radical (unpaired) electrons. The number of carbonyl (C=O) groups excluding carboxylic acids is 1. The van der Waals surface area contributed by atoms with Crippen LogP contribution in [0.3, 0.4) is 0 Å². The molecular formula is C11H15NO5S2. The molecule has 1 rings (SSSR count). The standard InChI is InChI=1S/C11H15NO5S2/c1-7(11(14)15)6-12(2)10(13)9-8(4-5-18-9)19(3,16)17/h4-5,7H,6H2,1-3H3,(H,14,15)/t7-/m1/s1. The predicted molar refractivity (Wildman–Crippen MR) is 71.2 cm³/mol. The van der Waals surface area contributed by atoms with Crippen LogP contribution in [-0.2, 0) is 14.6 Å². The zero-order valence-electron chi connectivity index (χ0n) is 10.8. The maximum absolute atomic E-state index is 12.1. The molecule has 6 nitrogen and oxygen atoms in total. The molecule has 1 aromatic heterocycles. The molecule has 0 fully saturated rings. The first-order valence-corrected chi connectivity index (χ1v) is 8.17. The number of rotatable bonds is 5. The number of carboxylic acids is 1. The molecular weight excluding hydrogens is 290 g/mol. The number of amides is 1. The van der Waals surface area contributed by atoms with E-state index < -0.39 is 27.6 Å². The second-order valence-electron chi connectivity index (χ2n) is 4.31. The number of hydrogen-bond donors (Lipinski definition) is 1. The van der Waals surface area contributed by atoms with E-state index in [2.05, 4.69) is 0 Å². The third-order valence-corrected chi connectivity index (χ3v) is 4.71. The van der Waals surface area contributed by atoms with Gasteiger partial charge in [-0.25, -0.2) is 8.42 Å². The number of carbonyl (C=O) groups is 2. The van der Waals surface area contributed by atoms with Gasteiger partial charge in [-0.3, -0.25) is 9.59 Å². The van der Waals surface area contributed by atoms with Crippen molar-refractivity contribution in [3.05, 3.63) is 16.3 Å². The Morgan fingerprint density at radius 1 is 1.47 bits per heavy atom. The summed E-state index contributed by atoms with van der Waals surface area (Å²) in [6, 6.07) is 1.38. The highest BCUT2D eigenvalue weighted by atomic mass is 32.2. The Morgan fingerprint density at radius 3 is 2.53 bits per heavy atom. The van der Waals surface area contributed by atoms with E-state index in [9.17, 15) is 18.0 Å². The fourth-order valence-corrected chi connectivity index (χ4v) is 3.70. The van der Waals surface area contributed by atoms with Crippen LogP contribution in [0.15, 0.2) is 16.3 Å². The number of nitrogens with zero attached hydrogens (tertiary/aromatic N) is 1. The number of sulfone groups is 1. The van der Waals surface area contributed by atoms with Crippen LogP contribution in [0.4, 0.5) is 0 Å². The van der Waals surface area contributed by atoms with Crippen LogP contribution in [0.1, 0.15) is 16.6 Å². The summed E-state index contributed by atoms with van der Waals surface area (Å²) in [7, 11) is -2.01. The van der Waals surface area contributed by atoms with E-state index in [4.69, 9.17) is 5.11 Å². The van der Waals surface area contributed by atoms with Crippen LogP contribution in [0, 0.1) is 5.92 Å². The summed E-state index contributed by atoms with van der Waals surface area (Å²) in [5.74, 6) is -2.20. The Hall–Kier alpha value is -1.41. The molecule has 0 aliphatic carbocycles. The monoisotopic (exact) mass is 305 g/mol. The molecule has 0 spiro atoms. The van der Waals surface area contributed by atoms with Crippen molar-refractivity contribution in [2.75, 3.05) is 19.8 Å². The maximum atomic E-state index is 12.1. The molecule has 1 heterocycles. The lowest BCUT2D eigenvalue weighted by atomic mass is 10.2. The molecule has 0 saturated carbocycles. The van der Waals surface area contributed by atoms with E-state index in [0.717, 1.165) is 17.6 Å². The molecule has 0 aliphatic heterocycles. The molecule has 0 unspecified atom stereocenters. The van der Waals surface area contributed by atoms with E-state index >= 15 is 0 Å². The SMILES string of the molecule is C[C@H](CN(C)C(=O)c1sccc1S(C)(=O)=O)C(=O)O. The molecule has 1 atom stereocenters. The summed E-state index contributed by atoms with van der Waals surface area (Å²) >= 11 is 1.03. The highest BCUT2D eigenvalue weighted by Crippen LogP contribution is 2.23. The fraction of sp³-hybridized carbons (Fsp3) is 0.455. The largest absolute Gasteiger partial charge is 0.481 e. The van der Waals surface area contributed by atoms with Gasteiger partial charge in [-0.15, -0.1) is 11.3 Å². The number of hydrogen-bond acceptors (Lipinski definition) is 5. The van der Waals surface area contributed by atoms with Gasteiger partial charge >= 0.3 is 5.97 Å². The lowest BCUT2D eigenvalue weighted by Gasteiger charge is -2.19. The molecule has 0 saturated heterocycles. The summed E-state index contributed by atoms with van der Waals surface area (Å²) in [4.78, 5) is 24.2. The zero-order valence-corrected chi connectivity index (χ0v) is 12.4. The van der Waals surface area contributed by atoms with Crippen molar-refractivity contribution >= 4 is 33.1 Å². The van der Waals surface area contributed by atoms with Crippen LogP contribution in [-0.4, -0.2) is 50.1 Å². The Labute approximate surface area is 115 Å². The molecule has 0 bridgehead atoms. The van der Waals surface area contributed by atoms with Gasteiger partial charge in [-0.1, -0.05) is 6.92 Å². The third-order valence-electron chi connectivity index (χ3n) is 2.54. The summed E-state index contributed by atoms with van der Waals surface area (Å²) in [5.41, 5.74) is 0. The highest BCUT2D eigenvalue weighted by molar-refractivity contribution is 7.91. The van der Waals surface area contributed by atoms with Crippen molar-refractivity contribution < 1.29 is 23.1 Å². The third kappa shape index (κ3) is 3.77. The fourth-order valence-electron chi connectivity index (χ4n) is 1.49. The van der Waals surface area contributed by atoms with Crippen molar-refractivity contribution in [1.29, 1.82) is 0 Å². The van der Waals surface area contributed by atoms with Crippen molar-refractivity contribution in [2.45, 2.75) is 11.8 Å². The smallest absolute Gasteiger partial charge is 0.308 e. The molecule has 0 aromatic carbocycles. The average molecular weight is 305 g/mol. The van der Waals surface area contributed by atoms with Gasteiger partial charge in [0.15, 0.2) is 9.84 Å². The van der Waals surface area contributed by atoms with Crippen LogP contribution in [0.2, 0.25) is 0 Å². The molecule has 106 valence electrons. The normalized spacial score (nSPS) is 13.0. The second-order valence-corrected chi connectivity index (χ2v) is 7.21. The zero-order chi connectivity index (χ0) is 14.8. The van der Waals surface area contributed by atoms with Crippen LogP contribution in [0.25, 0.3) is 0 Å². The van der Waals surface area contributed by atoms with Gasteiger partial charge in [0.05, 0.1) is 10.8 Å². The Kier molecular flexibility index (Phi) is 4.70. The summed E-state index contributed by atoms with van der Waals surface area (Å²) in [6.07, 6.45) is 1.03. The van der Waals surface area contributed by atoms with Crippen molar-refractivity contribution in [3.63, 3.8) is 0 Å². The quantitative estimate of drug-likeness (QED) is 0.874. The minimum atomic E-state index is -3.47. The van der Waals surface area contributed by atoms with Gasteiger partial charge in [0.2, 0.25) is 0 Å². The van der Waals surface area contributed by atoms with Crippen molar-refractivity contribution in [2.24, 2.45) is 5.92 Å². The minimum Gasteiger partial charge on any atom is -0.481 e. The highest BCUT2D eigenvalue weighted by Gasteiger charge is 2.24. The first-order valence-electron chi connectivity index (χ1n) is 5.40. The predicted octanol–water partition coefficient (Wildman–Crippen LogP) is 0.944. The molecule has 0 aliphatic rings. The van der Waals surface area contributed by atoms with E-state index in [-0.39, 0.29) is 16.3 Å².